The Morgan fingerprint density at radius 2 is 2.10 bits per heavy atom. The Bertz CT molecular complexity index is 573. The summed E-state index contributed by atoms with van der Waals surface area (Å²) in [7, 11) is 0. The van der Waals surface area contributed by atoms with Crippen molar-refractivity contribution in [3.8, 4) is 0 Å². The summed E-state index contributed by atoms with van der Waals surface area (Å²) in [5.41, 5.74) is 2.79. The summed E-state index contributed by atoms with van der Waals surface area (Å²) in [5, 5.41) is 6.55. The molecule has 2 rings (SSSR count). The minimum absolute atomic E-state index is 0.133. The minimum atomic E-state index is 0.133. The van der Waals surface area contributed by atoms with Gasteiger partial charge in [0.25, 0.3) is 0 Å². The first-order valence-corrected chi connectivity index (χ1v) is 8.38. The van der Waals surface area contributed by atoms with Gasteiger partial charge in [-0.1, -0.05) is 32.4 Å². The van der Waals surface area contributed by atoms with Crippen LogP contribution in [0.15, 0.2) is 23.6 Å². The van der Waals surface area contributed by atoms with Crippen LogP contribution in [-0.4, -0.2) is 12.5 Å². The molecule has 1 heterocycles. The summed E-state index contributed by atoms with van der Waals surface area (Å²) in [5.74, 6) is 0.133. The van der Waals surface area contributed by atoms with Gasteiger partial charge in [0.2, 0.25) is 5.91 Å². The van der Waals surface area contributed by atoms with Gasteiger partial charge in [-0.15, -0.1) is 11.3 Å². The van der Waals surface area contributed by atoms with Crippen LogP contribution in [0.25, 0.3) is 10.1 Å². The molecule has 0 spiro atoms. The molecule has 0 unspecified atom stereocenters. The second kappa shape index (κ2) is 7.44. The lowest BCUT2D eigenvalue weighted by Crippen LogP contribution is -2.24. The van der Waals surface area contributed by atoms with Crippen LogP contribution in [0, 0.1) is 0 Å². The third-order valence-electron chi connectivity index (χ3n) is 3.57. The fraction of sp³-hybridized carbons (Fsp3) is 0.471. The number of amides is 1. The van der Waals surface area contributed by atoms with Crippen molar-refractivity contribution < 1.29 is 4.79 Å². The molecule has 0 atom stereocenters. The molecule has 0 aliphatic rings. The number of unbranched alkanes of at least 4 members (excludes halogenated alkanes) is 1. The topological polar surface area (TPSA) is 29.1 Å². The van der Waals surface area contributed by atoms with Crippen LogP contribution in [0.2, 0.25) is 0 Å². The number of fused-ring (bicyclic) bond motifs is 1. The largest absolute Gasteiger partial charge is 0.356 e. The van der Waals surface area contributed by atoms with Gasteiger partial charge in [0.05, 0.1) is 0 Å². The zero-order valence-corrected chi connectivity index (χ0v) is 13.2. The molecule has 2 aromatic rings. The summed E-state index contributed by atoms with van der Waals surface area (Å²) in [6.45, 7) is 4.85. The number of aryl methyl sites for hydroxylation is 1. The van der Waals surface area contributed by atoms with Crippen LogP contribution in [0.4, 0.5) is 0 Å². The highest BCUT2D eigenvalue weighted by molar-refractivity contribution is 7.17. The summed E-state index contributed by atoms with van der Waals surface area (Å²) in [4.78, 5) is 11.3. The van der Waals surface area contributed by atoms with Gasteiger partial charge in [0.15, 0.2) is 0 Å². The highest BCUT2D eigenvalue weighted by Gasteiger charge is 2.06. The summed E-state index contributed by atoms with van der Waals surface area (Å²) in [6, 6.07) is 6.81. The zero-order valence-electron chi connectivity index (χ0n) is 12.4. The first kappa shape index (κ1) is 15.0. The average molecular weight is 289 g/mol. The molecule has 1 aromatic carbocycles. The standard InChI is InChI=1S/C17H23NOS/c1-3-5-6-13-7-8-16-15(11-13)14(12-20-16)9-10-18-17(19)4-2/h7-8,11-12H,3-6,9-10H2,1-2H3,(H,18,19). The molecule has 0 aliphatic carbocycles. The van der Waals surface area contributed by atoms with Crippen molar-refractivity contribution in [1.29, 1.82) is 0 Å². The predicted octanol–water partition coefficient (Wildman–Crippen LogP) is 4.31. The summed E-state index contributed by atoms with van der Waals surface area (Å²) < 4.78 is 1.35. The van der Waals surface area contributed by atoms with E-state index in [9.17, 15) is 4.79 Å². The van der Waals surface area contributed by atoms with Crippen molar-refractivity contribution in [2.24, 2.45) is 0 Å². The second-order valence-electron chi connectivity index (χ2n) is 5.15. The SMILES string of the molecule is CCCCc1ccc2scc(CCNC(=O)CC)c2c1. The third kappa shape index (κ3) is 3.83. The Morgan fingerprint density at radius 1 is 1.25 bits per heavy atom. The molecule has 0 bridgehead atoms. The quantitative estimate of drug-likeness (QED) is 0.808. The van der Waals surface area contributed by atoms with E-state index >= 15 is 0 Å². The molecule has 0 saturated carbocycles. The van der Waals surface area contributed by atoms with E-state index in [2.05, 4.69) is 35.8 Å². The van der Waals surface area contributed by atoms with Gasteiger partial charge in [-0.25, -0.2) is 0 Å². The molecule has 1 amide bonds. The molecule has 108 valence electrons. The van der Waals surface area contributed by atoms with E-state index in [1.54, 1.807) is 11.3 Å². The van der Waals surface area contributed by atoms with E-state index in [0.29, 0.717) is 6.42 Å². The molecule has 0 fully saturated rings. The molecule has 0 radical (unpaired) electrons. The number of rotatable bonds is 7. The second-order valence-corrected chi connectivity index (χ2v) is 6.06. The number of hydrogen-bond donors (Lipinski definition) is 1. The fourth-order valence-electron chi connectivity index (χ4n) is 2.32. The lowest BCUT2D eigenvalue weighted by Gasteiger charge is -2.04. The number of hydrogen-bond acceptors (Lipinski definition) is 2. The fourth-order valence-corrected chi connectivity index (χ4v) is 3.30. The summed E-state index contributed by atoms with van der Waals surface area (Å²) >= 11 is 1.80. The highest BCUT2D eigenvalue weighted by Crippen LogP contribution is 2.27. The molecule has 3 heteroatoms. The molecular formula is C17H23NOS. The molecule has 20 heavy (non-hydrogen) atoms. The van der Waals surface area contributed by atoms with Gasteiger partial charge < -0.3 is 5.32 Å². The van der Waals surface area contributed by atoms with E-state index in [-0.39, 0.29) is 5.91 Å². The Hall–Kier alpha value is -1.35. The van der Waals surface area contributed by atoms with Crippen LogP contribution in [0.1, 0.15) is 44.2 Å². The van der Waals surface area contributed by atoms with Gasteiger partial charge >= 0.3 is 0 Å². The van der Waals surface area contributed by atoms with Crippen molar-refractivity contribution in [1.82, 2.24) is 5.32 Å². The Morgan fingerprint density at radius 3 is 2.85 bits per heavy atom. The molecule has 1 N–H and O–H groups in total. The first-order valence-electron chi connectivity index (χ1n) is 7.50. The van der Waals surface area contributed by atoms with Gasteiger partial charge in [-0.05, 0) is 47.2 Å². The molecule has 0 aliphatic heterocycles. The Balaban J connectivity index is 2.06. The number of thiophene rings is 1. The van der Waals surface area contributed by atoms with Crippen LogP contribution < -0.4 is 5.32 Å². The molecule has 1 aromatic heterocycles. The first-order chi connectivity index (χ1) is 9.74. The maximum absolute atomic E-state index is 11.3. The average Bonchev–Trinajstić information content (AvgIpc) is 2.87. The summed E-state index contributed by atoms with van der Waals surface area (Å²) in [6.07, 6.45) is 5.12. The highest BCUT2D eigenvalue weighted by atomic mass is 32.1. The van der Waals surface area contributed by atoms with Crippen molar-refractivity contribution in [2.75, 3.05) is 6.54 Å². The lowest BCUT2D eigenvalue weighted by atomic mass is 10.0. The smallest absolute Gasteiger partial charge is 0.219 e. The number of benzene rings is 1. The lowest BCUT2D eigenvalue weighted by molar-refractivity contribution is -0.120. The molecule has 0 saturated heterocycles. The van der Waals surface area contributed by atoms with Crippen LogP contribution in [-0.2, 0) is 17.6 Å². The number of carbonyl (C=O) groups is 1. The van der Waals surface area contributed by atoms with Crippen molar-refractivity contribution in [2.45, 2.75) is 46.0 Å². The Labute approximate surface area is 125 Å². The van der Waals surface area contributed by atoms with E-state index in [4.69, 9.17) is 0 Å². The third-order valence-corrected chi connectivity index (χ3v) is 4.59. The normalized spacial score (nSPS) is 10.9. The molecular weight excluding hydrogens is 266 g/mol. The van der Waals surface area contributed by atoms with Crippen molar-refractivity contribution in [3.63, 3.8) is 0 Å². The zero-order chi connectivity index (χ0) is 14.4. The van der Waals surface area contributed by atoms with Gasteiger partial charge in [-0.3, -0.25) is 4.79 Å². The minimum Gasteiger partial charge on any atom is -0.356 e. The maximum Gasteiger partial charge on any atom is 0.219 e. The van der Waals surface area contributed by atoms with Gasteiger partial charge in [0.1, 0.15) is 0 Å². The van der Waals surface area contributed by atoms with Crippen LogP contribution >= 0.6 is 11.3 Å². The monoisotopic (exact) mass is 289 g/mol. The van der Waals surface area contributed by atoms with Crippen molar-refractivity contribution >= 4 is 27.3 Å². The van der Waals surface area contributed by atoms with E-state index in [0.717, 1.165) is 19.4 Å². The van der Waals surface area contributed by atoms with Crippen LogP contribution in [0.5, 0.6) is 0 Å². The van der Waals surface area contributed by atoms with E-state index < -0.39 is 0 Å². The van der Waals surface area contributed by atoms with E-state index in [1.807, 2.05) is 6.92 Å². The predicted molar refractivity (Wildman–Crippen MR) is 87.4 cm³/mol. The number of nitrogens with one attached hydrogen (secondary N) is 1. The van der Waals surface area contributed by atoms with Crippen molar-refractivity contribution in [3.05, 3.63) is 34.7 Å². The van der Waals surface area contributed by atoms with Crippen LogP contribution in [0.3, 0.4) is 0 Å². The molecule has 2 nitrogen and oxygen atoms in total. The Kier molecular flexibility index (Phi) is 5.60. The van der Waals surface area contributed by atoms with Gasteiger partial charge in [-0.2, -0.15) is 0 Å². The maximum atomic E-state index is 11.3. The van der Waals surface area contributed by atoms with Gasteiger partial charge in [0, 0.05) is 17.7 Å². The van der Waals surface area contributed by atoms with E-state index in [1.165, 1.54) is 34.1 Å². The number of carbonyl (C=O) groups excluding carboxylic acids is 1.